The summed E-state index contributed by atoms with van der Waals surface area (Å²) in [5.74, 6) is 0. The van der Waals surface area contributed by atoms with Gasteiger partial charge >= 0.3 is 0 Å². The van der Waals surface area contributed by atoms with Gasteiger partial charge in [0.15, 0.2) is 6.04 Å². The van der Waals surface area contributed by atoms with Gasteiger partial charge in [0, 0.05) is 17.4 Å². The minimum absolute atomic E-state index is 0.362. The Labute approximate surface area is 139 Å². The molecule has 3 aromatic rings. The summed E-state index contributed by atoms with van der Waals surface area (Å²) in [6, 6.07) is 19.2. The normalized spacial score (nSPS) is 11.7. The van der Waals surface area contributed by atoms with E-state index in [1.165, 1.54) is 0 Å². The van der Waals surface area contributed by atoms with Gasteiger partial charge in [0.05, 0.1) is 6.07 Å². The molecule has 0 bridgehead atoms. The van der Waals surface area contributed by atoms with E-state index in [9.17, 15) is 5.26 Å². The number of halogens is 1. The molecule has 0 amide bonds. The highest BCUT2D eigenvalue weighted by Gasteiger charge is 2.17. The smallest absolute Gasteiger partial charge is 0.297 e. The van der Waals surface area contributed by atoms with Crippen LogP contribution in [0.5, 0.6) is 6.01 Å². The highest BCUT2D eigenvalue weighted by molar-refractivity contribution is 6.30. The summed E-state index contributed by atoms with van der Waals surface area (Å²) in [6.45, 7) is 0.362. The average Bonchev–Trinajstić information content (AvgIpc) is 3.04. The molecule has 0 aliphatic heterocycles. The summed E-state index contributed by atoms with van der Waals surface area (Å²) in [7, 11) is 0. The monoisotopic (exact) mass is 323 g/mol. The molecule has 0 saturated carbocycles. The molecule has 3 rings (SSSR count). The first-order valence-corrected chi connectivity index (χ1v) is 7.50. The highest BCUT2D eigenvalue weighted by Crippen LogP contribution is 2.23. The van der Waals surface area contributed by atoms with E-state index in [4.69, 9.17) is 16.3 Å². The molecule has 0 aliphatic carbocycles. The van der Waals surface area contributed by atoms with Crippen LogP contribution in [0.15, 0.2) is 67.0 Å². The van der Waals surface area contributed by atoms with Crippen LogP contribution >= 0.6 is 11.6 Å². The Balaban J connectivity index is 1.79. The number of benzene rings is 2. The van der Waals surface area contributed by atoms with Gasteiger partial charge in [0.1, 0.15) is 6.61 Å². The molecule has 0 saturated heterocycles. The van der Waals surface area contributed by atoms with Gasteiger partial charge in [-0.25, -0.2) is 4.98 Å². The largest absolute Gasteiger partial charge is 0.460 e. The fourth-order valence-electron chi connectivity index (χ4n) is 2.27. The van der Waals surface area contributed by atoms with Crippen LogP contribution < -0.4 is 4.74 Å². The third kappa shape index (κ3) is 3.53. The number of imidazole rings is 1. The van der Waals surface area contributed by atoms with Crippen molar-refractivity contribution in [1.82, 2.24) is 9.55 Å². The van der Waals surface area contributed by atoms with Gasteiger partial charge in [-0.2, -0.15) is 5.26 Å². The zero-order valence-electron chi connectivity index (χ0n) is 12.3. The molecule has 0 radical (unpaired) electrons. The standard InChI is InChI=1S/C18H14ClN3O/c19-16-8-6-14(7-9-16)13-23-18-21-10-11-22(18)17(12-20)15-4-2-1-3-5-15/h1-11,17H,13H2. The summed E-state index contributed by atoms with van der Waals surface area (Å²) in [5.41, 5.74) is 1.88. The average molecular weight is 324 g/mol. The number of rotatable bonds is 5. The third-order valence-corrected chi connectivity index (χ3v) is 3.68. The maximum Gasteiger partial charge on any atom is 0.297 e. The maximum absolute atomic E-state index is 9.52. The second-order valence-corrected chi connectivity index (χ2v) is 5.41. The summed E-state index contributed by atoms with van der Waals surface area (Å²) in [6.07, 6.45) is 3.38. The molecule has 114 valence electrons. The van der Waals surface area contributed by atoms with Crippen LogP contribution in [0, 0.1) is 11.3 Å². The van der Waals surface area contributed by atoms with Crippen LogP contribution in [0.2, 0.25) is 5.02 Å². The molecule has 1 aromatic heterocycles. The van der Waals surface area contributed by atoms with E-state index >= 15 is 0 Å². The number of hydrogen-bond acceptors (Lipinski definition) is 3. The van der Waals surface area contributed by atoms with Gasteiger partial charge in [-0.15, -0.1) is 0 Å². The minimum Gasteiger partial charge on any atom is -0.460 e. The first kappa shape index (κ1) is 15.1. The van der Waals surface area contributed by atoms with Crippen LogP contribution in [0.4, 0.5) is 0 Å². The fourth-order valence-corrected chi connectivity index (χ4v) is 2.39. The molecule has 1 atom stereocenters. The van der Waals surface area contributed by atoms with E-state index in [-0.39, 0.29) is 0 Å². The molecule has 4 nitrogen and oxygen atoms in total. The lowest BCUT2D eigenvalue weighted by Gasteiger charge is -2.14. The number of nitrogens with zero attached hydrogens (tertiary/aromatic N) is 3. The molecular weight excluding hydrogens is 310 g/mol. The van der Waals surface area contributed by atoms with Crippen molar-refractivity contribution in [2.45, 2.75) is 12.6 Å². The lowest BCUT2D eigenvalue weighted by molar-refractivity contribution is 0.266. The van der Waals surface area contributed by atoms with E-state index in [0.717, 1.165) is 11.1 Å². The molecular formula is C18H14ClN3O. The van der Waals surface area contributed by atoms with Crippen molar-refractivity contribution in [1.29, 1.82) is 5.26 Å². The summed E-state index contributed by atoms with van der Waals surface area (Å²) in [4.78, 5) is 4.21. The summed E-state index contributed by atoms with van der Waals surface area (Å²) < 4.78 is 7.49. The van der Waals surface area contributed by atoms with Crippen molar-refractivity contribution in [3.05, 3.63) is 83.1 Å². The summed E-state index contributed by atoms with van der Waals surface area (Å²) >= 11 is 5.87. The number of aromatic nitrogens is 2. The Bertz CT molecular complexity index is 806. The van der Waals surface area contributed by atoms with E-state index in [1.54, 1.807) is 17.0 Å². The molecule has 0 spiro atoms. The van der Waals surface area contributed by atoms with Crippen LogP contribution in [0.25, 0.3) is 0 Å². The predicted octanol–water partition coefficient (Wildman–Crippen LogP) is 4.23. The molecule has 0 fully saturated rings. The zero-order chi connectivity index (χ0) is 16.1. The lowest BCUT2D eigenvalue weighted by atomic mass is 10.1. The van der Waals surface area contributed by atoms with Crippen molar-refractivity contribution in [3.8, 4) is 12.1 Å². The molecule has 1 unspecified atom stereocenters. The number of nitriles is 1. The Morgan fingerprint density at radius 1 is 1.13 bits per heavy atom. The van der Waals surface area contributed by atoms with Gasteiger partial charge < -0.3 is 4.74 Å². The quantitative estimate of drug-likeness (QED) is 0.706. The molecule has 23 heavy (non-hydrogen) atoms. The van der Waals surface area contributed by atoms with E-state index in [2.05, 4.69) is 11.1 Å². The number of hydrogen-bond donors (Lipinski definition) is 0. The molecule has 0 N–H and O–H groups in total. The van der Waals surface area contributed by atoms with Crippen LogP contribution in [0.3, 0.4) is 0 Å². The maximum atomic E-state index is 9.52. The second-order valence-electron chi connectivity index (χ2n) is 4.97. The molecule has 1 heterocycles. The van der Waals surface area contributed by atoms with E-state index in [1.807, 2.05) is 54.6 Å². The lowest BCUT2D eigenvalue weighted by Crippen LogP contribution is -2.10. The topological polar surface area (TPSA) is 50.8 Å². The van der Waals surface area contributed by atoms with Crippen molar-refractivity contribution in [2.75, 3.05) is 0 Å². The van der Waals surface area contributed by atoms with Crippen LogP contribution in [0.1, 0.15) is 17.2 Å². The van der Waals surface area contributed by atoms with E-state index < -0.39 is 6.04 Å². The number of ether oxygens (including phenoxy) is 1. The minimum atomic E-state index is -0.473. The second kappa shape index (κ2) is 6.99. The predicted molar refractivity (Wildman–Crippen MR) is 88.2 cm³/mol. The van der Waals surface area contributed by atoms with Gasteiger partial charge in [0.2, 0.25) is 0 Å². The van der Waals surface area contributed by atoms with Gasteiger partial charge in [-0.05, 0) is 23.3 Å². The molecule has 5 heteroatoms. The fraction of sp³-hybridized carbons (Fsp3) is 0.111. The zero-order valence-corrected chi connectivity index (χ0v) is 13.0. The van der Waals surface area contributed by atoms with Crippen LogP contribution in [-0.4, -0.2) is 9.55 Å². The highest BCUT2D eigenvalue weighted by atomic mass is 35.5. The van der Waals surface area contributed by atoms with Gasteiger partial charge in [-0.1, -0.05) is 54.1 Å². The third-order valence-electron chi connectivity index (χ3n) is 3.43. The molecule has 0 aliphatic rings. The van der Waals surface area contributed by atoms with Crippen molar-refractivity contribution in [2.24, 2.45) is 0 Å². The van der Waals surface area contributed by atoms with E-state index in [0.29, 0.717) is 17.6 Å². The Hall–Kier alpha value is -2.77. The Morgan fingerprint density at radius 2 is 1.87 bits per heavy atom. The van der Waals surface area contributed by atoms with Crippen molar-refractivity contribution >= 4 is 11.6 Å². The van der Waals surface area contributed by atoms with Gasteiger partial charge in [-0.3, -0.25) is 4.57 Å². The van der Waals surface area contributed by atoms with Crippen LogP contribution in [-0.2, 0) is 6.61 Å². The first-order chi connectivity index (χ1) is 11.3. The first-order valence-electron chi connectivity index (χ1n) is 7.12. The Morgan fingerprint density at radius 3 is 2.57 bits per heavy atom. The SMILES string of the molecule is N#CC(c1ccccc1)n1ccnc1OCc1ccc(Cl)cc1. The Kier molecular flexibility index (Phi) is 4.60. The summed E-state index contributed by atoms with van der Waals surface area (Å²) in [5, 5.41) is 10.2. The molecule has 2 aromatic carbocycles. The van der Waals surface area contributed by atoms with Crippen molar-refractivity contribution in [3.63, 3.8) is 0 Å². The van der Waals surface area contributed by atoms with Crippen molar-refractivity contribution < 1.29 is 4.74 Å². The van der Waals surface area contributed by atoms with Gasteiger partial charge in [0.25, 0.3) is 6.01 Å².